The highest BCUT2D eigenvalue weighted by Crippen LogP contribution is 2.27. The highest BCUT2D eigenvalue weighted by Gasteiger charge is 2.16. The molecule has 0 aromatic heterocycles. The number of nitro benzene ring substituents is 1. The zero-order valence-corrected chi connectivity index (χ0v) is 12.2. The van der Waals surface area contributed by atoms with Crippen LogP contribution >= 0.6 is 0 Å². The zero-order chi connectivity index (χ0) is 16.0. The number of ether oxygens (including phenoxy) is 1. The van der Waals surface area contributed by atoms with E-state index in [-0.39, 0.29) is 18.4 Å². The molecule has 1 aromatic carbocycles. The van der Waals surface area contributed by atoms with E-state index in [0.29, 0.717) is 13.0 Å². The summed E-state index contributed by atoms with van der Waals surface area (Å²) in [6.07, 6.45) is 0.505. The third-order valence-corrected chi connectivity index (χ3v) is 2.72. The van der Waals surface area contributed by atoms with Crippen LogP contribution in [-0.2, 0) is 0 Å². The predicted molar refractivity (Wildman–Crippen MR) is 74.9 cm³/mol. The number of hydrogen-bond donors (Lipinski definition) is 0. The van der Waals surface area contributed by atoms with E-state index in [0.717, 1.165) is 12.1 Å². The van der Waals surface area contributed by atoms with Gasteiger partial charge in [-0.1, -0.05) is 0 Å². The molecule has 1 rings (SSSR count). The lowest BCUT2D eigenvalue weighted by Crippen LogP contribution is -2.37. The molecule has 1 aromatic rings. The summed E-state index contributed by atoms with van der Waals surface area (Å²) >= 11 is 0. The standard InChI is InChI=1S/C13H18FN3O4/c1-15(2)13(18)16(3)7-4-8-21-12-6-5-10(14)9-11(12)17(19)20/h5-6,9H,4,7-8H2,1-3H3. The van der Waals surface area contributed by atoms with E-state index in [9.17, 15) is 19.3 Å². The highest BCUT2D eigenvalue weighted by atomic mass is 19.1. The molecule has 0 aliphatic heterocycles. The molecule has 0 saturated carbocycles. The Kier molecular flexibility index (Phi) is 5.89. The minimum Gasteiger partial charge on any atom is -0.487 e. The molecule has 0 radical (unpaired) electrons. The second-order valence-electron chi connectivity index (χ2n) is 4.67. The van der Waals surface area contributed by atoms with Gasteiger partial charge in [0.05, 0.1) is 17.6 Å². The maximum atomic E-state index is 13.0. The Hall–Kier alpha value is -2.38. The lowest BCUT2D eigenvalue weighted by molar-refractivity contribution is -0.386. The van der Waals surface area contributed by atoms with Gasteiger partial charge in [0, 0.05) is 27.7 Å². The van der Waals surface area contributed by atoms with Gasteiger partial charge < -0.3 is 14.5 Å². The number of nitro groups is 1. The van der Waals surface area contributed by atoms with Gasteiger partial charge in [-0.3, -0.25) is 10.1 Å². The number of carbonyl (C=O) groups is 1. The third-order valence-electron chi connectivity index (χ3n) is 2.72. The van der Waals surface area contributed by atoms with Crippen LogP contribution in [0.5, 0.6) is 5.75 Å². The average Bonchev–Trinajstić information content (AvgIpc) is 2.43. The van der Waals surface area contributed by atoms with Gasteiger partial charge >= 0.3 is 11.7 Å². The van der Waals surface area contributed by atoms with E-state index >= 15 is 0 Å². The topological polar surface area (TPSA) is 75.9 Å². The Labute approximate surface area is 122 Å². The summed E-state index contributed by atoms with van der Waals surface area (Å²) in [4.78, 5) is 24.6. The van der Waals surface area contributed by atoms with E-state index in [1.165, 1.54) is 15.9 Å². The van der Waals surface area contributed by atoms with Gasteiger partial charge in [-0.05, 0) is 18.6 Å². The van der Waals surface area contributed by atoms with Gasteiger partial charge in [-0.2, -0.15) is 0 Å². The van der Waals surface area contributed by atoms with E-state index in [2.05, 4.69) is 0 Å². The Morgan fingerprint density at radius 2 is 2.05 bits per heavy atom. The molecule has 0 aliphatic carbocycles. The number of benzene rings is 1. The molecular weight excluding hydrogens is 281 g/mol. The largest absolute Gasteiger partial charge is 0.487 e. The second-order valence-corrected chi connectivity index (χ2v) is 4.67. The van der Waals surface area contributed by atoms with Crippen LogP contribution in [0.1, 0.15) is 6.42 Å². The van der Waals surface area contributed by atoms with Gasteiger partial charge in [-0.15, -0.1) is 0 Å². The van der Waals surface area contributed by atoms with E-state index in [4.69, 9.17) is 4.74 Å². The molecule has 0 aliphatic rings. The first-order chi connectivity index (χ1) is 9.82. The van der Waals surface area contributed by atoms with Crippen LogP contribution in [0.2, 0.25) is 0 Å². The van der Waals surface area contributed by atoms with E-state index in [1.54, 1.807) is 21.1 Å². The van der Waals surface area contributed by atoms with E-state index in [1.807, 2.05) is 0 Å². The van der Waals surface area contributed by atoms with Crippen molar-refractivity contribution in [3.8, 4) is 5.75 Å². The number of urea groups is 1. The number of rotatable bonds is 6. The molecule has 21 heavy (non-hydrogen) atoms. The van der Waals surface area contributed by atoms with Crippen molar-refractivity contribution < 1.29 is 18.8 Å². The van der Waals surface area contributed by atoms with Crippen molar-refractivity contribution in [3.63, 3.8) is 0 Å². The average molecular weight is 299 g/mol. The number of amides is 2. The molecule has 0 atom stereocenters. The quantitative estimate of drug-likeness (QED) is 0.458. The van der Waals surface area contributed by atoms with Crippen LogP contribution in [-0.4, -0.2) is 55.0 Å². The van der Waals surface area contributed by atoms with Crippen LogP contribution in [0, 0.1) is 15.9 Å². The van der Waals surface area contributed by atoms with Crippen molar-refractivity contribution in [1.29, 1.82) is 0 Å². The zero-order valence-electron chi connectivity index (χ0n) is 12.2. The lowest BCUT2D eigenvalue weighted by atomic mass is 10.3. The van der Waals surface area contributed by atoms with Gasteiger partial charge in [0.1, 0.15) is 5.82 Å². The molecule has 0 spiro atoms. The summed E-state index contributed by atoms with van der Waals surface area (Å²) < 4.78 is 18.2. The van der Waals surface area contributed by atoms with Crippen molar-refractivity contribution in [1.82, 2.24) is 9.80 Å². The van der Waals surface area contributed by atoms with Crippen LogP contribution in [0.15, 0.2) is 18.2 Å². The van der Waals surface area contributed by atoms with Crippen LogP contribution in [0.4, 0.5) is 14.9 Å². The fraction of sp³-hybridized carbons (Fsp3) is 0.462. The molecule has 0 unspecified atom stereocenters. The molecule has 7 nitrogen and oxygen atoms in total. The maximum absolute atomic E-state index is 13.0. The van der Waals surface area contributed by atoms with Crippen molar-refractivity contribution in [2.45, 2.75) is 6.42 Å². The lowest BCUT2D eigenvalue weighted by Gasteiger charge is -2.21. The predicted octanol–water partition coefficient (Wildman–Crippen LogP) is 2.12. The first kappa shape index (κ1) is 16.7. The Morgan fingerprint density at radius 1 is 1.38 bits per heavy atom. The molecule has 0 N–H and O–H groups in total. The minimum atomic E-state index is -0.694. The van der Waals surface area contributed by atoms with Crippen LogP contribution in [0.3, 0.4) is 0 Å². The van der Waals surface area contributed by atoms with Gasteiger partial charge in [-0.25, -0.2) is 9.18 Å². The molecule has 0 saturated heterocycles. The van der Waals surface area contributed by atoms with Crippen molar-refractivity contribution >= 4 is 11.7 Å². The fourth-order valence-electron chi connectivity index (χ4n) is 1.68. The van der Waals surface area contributed by atoms with Gasteiger partial charge in [0.25, 0.3) is 0 Å². The molecule has 8 heteroatoms. The Morgan fingerprint density at radius 3 is 2.62 bits per heavy atom. The SMILES string of the molecule is CN(C)C(=O)N(C)CCCOc1ccc(F)cc1[N+](=O)[O-]. The molecule has 2 amide bonds. The first-order valence-corrected chi connectivity index (χ1v) is 6.32. The Balaban J connectivity index is 2.50. The number of halogens is 1. The summed E-state index contributed by atoms with van der Waals surface area (Å²) in [6.45, 7) is 0.642. The smallest absolute Gasteiger partial charge is 0.319 e. The maximum Gasteiger partial charge on any atom is 0.319 e. The van der Waals surface area contributed by atoms with Crippen LogP contribution in [0.25, 0.3) is 0 Å². The number of nitrogens with zero attached hydrogens (tertiary/aromatic N) is 3. The third kappa shape index (κ3) is 4.90. The second kappa shape index (κ2) is 7.41. The number of hydrogen-bond acceptors (Lipinski definition) is 4. The van der Waals surface area contributed by atoms with Crippen LogP contribution < -0.4 is 4.74 Å². The van der Waals surface area contributed by atoms with E-state index < -0.39 is 16.4 Å². The van der Waals surface area contributed by atoms with Gasteiger partial charge in [0.15, 0.2) is 5.75 Å². The monoisotopic (exact) mass is 299 g/mol. The fourth-order valence-corrected chi connectivity index (χ4v) is 1.68. The molecule has 116 valence electrons. The summed E-state index contributed by atoms with van der Waals surface area (Å²) in [7, 11) is 4.96. The molecule has 0 fully saturated rings. The van der Waals surface area contributed by atoms with Crippen molar-refractivity contribution in [3.05, 3.63) is 34.1 Å². The normalized spacial score (nSPS) is 10.1. The first-order valence-electron chi connectivity index (χ1n) is 6.32. The summed E-state index contributed by atoms with van der Waals surface area (Å²) in [6, 6.07) is 3.01. The Bertz CT molecular complexity index is 522. The summed E-state index contributed by atoms with van der Waals surface area (Å²) in [5, 5.41) is 10.8. The van der Waals surface area contributed by atoms with Crippen molar-refractivity contribution in [2.75, 3.05) is 34.3 Å². The highest BCUT2D eigenvalue weighted by molar-refractivity contribution is 5.73. The number of carbonyl (C=O) groups excluding carboxylic acids is 1. The molecule has 0 heterocycles. The molecule has 0 bridgehead atoms. The minimum absolute atomic E-state index is 0.0167. The van der Waals surface area contributed by atoms with Gasteiger partial charge in [0.2, 0.25) is 0 Å². The summed E-state index contributed by atoms with van der Waals surface area (Å²) in [5.41, 5.74) is -0.410. The summed E-state index contributed by atoms with van der Waals surface area (Å²) in [5.74, 6) is -0.673. The van der Waals surface area contributed by atoms with Crippen molar-refractivity contribution in [2.24, 2.45) is 0 Å². The molecular formula is C13H18FN3O4.